The first kappa shape index (κ1) is 18.8. The molecule has 1 nitrogen and oxygen atoms in total. The predicted octanol–water partition coefficient (Wildman–Crippen LogP) is 4.93. The molecule has 0 fully saturated rings. The Kier molecular flexibility index (Phi) is 4.86. The van der Waals surface area contributed by atoms with Crippen molar-refractivity contribution in [3.63, 3.8) is 0 Å². The van der Waals surface area contributed by atoms with Crippen LogP contribution in [0, 0.1) is 6.08 Å². The fourth-order valence-corrected chi connectivity index (χ4v) is 2.41. The fourth-order valence-electron chi connectivity index (χ4n) is 1.65. The zero-order valence-electron chi connectivity index (χ0n) is 10.6. The Labute approximate surface area is 132 Å². The molecule has 2 unspecified atom stereocenters. The Balaban J connectivity index is 3.46. The normalized spacial score (nSPS) is 25.9. The van der Waals surface area contributed by atoms with Gasteiger partial charge in [-0.05, 0) is 31.6 Å². The minimum atomic E-state index is -6.16. The van der Waals surface area contributed by atoms with Crippen molar-refractivity contribution in [1.29, 1.82) is 0 Å². The molecule has 1 rings (SSSR count). The van der Waals surface area contributed by atoms with Crippen LogP contribution in [-0.2, 0) is 0 Å². The van der Waals surface area contributed by atoms with Crippen molar-refractivity contribution in [2.75, 3.05) is 0 Å². The highest BCUT2D eigenvalue weighted by molar-refractivity contribution is 9.12. The van der Waals surface area contributed by atoms with Gasteiger partial charge in [0.2, 0.25) is 0 Å². The van der Waals surface area contributed by atoms with E-state index in [2.05, 4.69) is 37.9 Å². The quantitative estimate of drug-likeness (QED) is 0.359. The van der Waals surface area contributed by atoms with Gasteiger partial charge in [-0.25, -0.2) is 4.39 Å². The number of rotatable bonds is 2. The molecule has 0 saturated carbocycles. The van der Waals surface area contributed by atoms with E-state index in [9.17, 15) is 30.7 Å². The summed E-state index contributed by atoms with van der Waals surface area (Å²) >= 11 is 5.95. The maximum absolute atomic E-state index is 14.0. The van der Waals surface area contributed by atoms with Gasteiger partial charge in [-0.15, -0.1) is 0 Å². The number of hydrogen-bond donors (Lipinski definition) is 1. The van der Waals surface area contributed by atoms with Gasteiger partial charge < -0.3 is 5.32 Å². The highest BCUT2D eigenvalue weighted by Gasteiger charge is 2.75. The predicted molar refractivity (Wildman–Crippen MR) is 69.6 cm³/mol. The molecule has 1 N–H and O–H groups in total. The molecular weight excluding hydrogens is 439 g/mol. The van der Waals surface area contributed by atoms with Crippen molar-refractivity contribution in [3.05, 3.63) is 23.4 Å². The van der Waals surface area contributed by atoms with Crippen LogP contribution in [0.15, 0.2) is 17.3 Å². The number of hydrogen-bond acceptors (Lipinski definition) is 1. The highest BCUT2D eigenvalue weighted by atomic mass is 79.9. The van der Waals surface area contributed by atoms with E-state index in [1.165, 1.54) is 13.8 Å². The van der Waals surface area contributed by atoms with E-state index in [1.807, 2.05) is 5.32 Å². The van der Waals surface area contributed by atoms with E-state index >= 15 is 0 Å². The summed E-state index contributed by atoms with van der Waals surface area (Å²) < 4.78 is 88.8. The Morgan fingerprint density at radius 2 is 1.57 bits per heavy atom. The van der Waals surface area contributed by atoms with Crippen molar-refractivity contribution in [1.82, 2.24) is 5.32 Å². The van der Waals surface area contributed by atoms with Gasteiger partial charge in [0.1, 0.15) is 4.45 Å². The van der Waals surface area contributed by atoms with Crippen LogP contribution in [0.2, 0.25) is 0 Å². The van der Waals surface area contributed by atoms with E-state index < -0.39 is 33.0 Å². The van der Waals surface area contributed by atoms with Gasteiger partial charge >= 0.3 is 18.0 Å². The van der Waals surface area contributed by atoms with E-state index in [-0.39, 0.29) is 5.57 Å². The van der Waals surface area contributed by atoms with E-state index in [4.69, 9.17) is 0 Å². The summed E-state index contributed by atoms with van der Waals surface area (Å²) in [6.07, 6.45) is -9.29. The standard InChI is InChI=1S/C11H9Br2F7N/c1-5-3-7(21-8(13,4-5)6(2)12)9(14,10(15,16)17)11(18,19)20/h3,6,21H,1-2H3. The van der Waals surface area contributed by atoms with Gasteiger partial charge in [-0.3, -0.25) is 0 Å². The molecule has 1 aliphatic heterocycles. The summed E-state index contributed by atoms with van der Waals surface area (Å²) in [7, 11) is 0. The molecular formula is C11H9Br2F7N. The summed E-state index contributed by atoms with van der Waals surface area (Å²) in [5, 5.41) is 1.90. The van der Waals surface area contributed by atoms with Gasteiger partial charge in [0, 0.05) is 4.83 Å². The summed E-state index contributed by atoms with van der Waals surface area (Å²) in [5.41, 5.74) is -7.20. The summed E-state index contributed by atoms with van der Waals surface area (Å²) in [4.78, 5) is -0.672. The van der Waals surface area contributed by atoms with Crippen molar-refractivity contribution in [2.24, 2.45) is 0 Å². The first-order chi connectivity index (χ1) is 9.15. The number of nitrogens with one attached hydrogen (secondary N) is 1. The lowest BCUT2D eigenvalue weighted by Gasteiger charge is -2.40. The maximum atomic E-state index is 14.0. The van der Waals surface area contributed by atoms with Crippen LogP contribution < -0.4 is 5.32 Å². The lowest BCUT2D eigenvalue weighted by atomic mass is 9.93. The topological polar surface area (TPSA) is 12.0 Å². The average molecular weight is 448 g/mol. The Morgan fingerprint density at radius 3 is 1.90 bits per heavy atom. The molecule has 1 radical (unpaired) electrons. The van der Waals surface area contributed by atoms with Crippen molar-refractivity contribution >= 4 is 31.9 Å². The zero-order valence-corrected chi connectivity index (χ0v) is 13.7. The minimum absolute atomic E-state index is 0.0672. The highest BCUT2D eigenvalue weighted by Crippen LogP contribution is 2.51. The van der Waals surface area contributed by atoms with Crippen LogP contribution in [0.3, 0.4) is 0 Å². The van der Waals surface area contributed by atoms with Crippen molar-refractivity contribution in [2.45, 2.75) is 41.1 Å². The van der Waals surface area contributed by atoms with Crippen LogP contribution in [0.4, 0.5) is 30.7 Å². The second-order valence-electron chi connectivity index (χ2n) is 4.47. The lowest BCUT2D eigenvalue weighted by molar-refractivity contribution is -0.328. The van der Waals surface area contributed by atoms with Crippen LogP contribution in [0.25, 0.3) is 0 Å². The Morgan fingerprint density at radius 1 is 1.14 bits per heavy atom. The molecule has 0 aromatic heterocycles. The smallest absolute Gasteiger partial charge is 0.366 e. The van der Waals surface area contributed by atoms with E-state index in [0.717, 1.165) is 0 Å². The molecule has 0 amide bonds. The summed E-state index contributed by atoms with van der Waals surface area (Å²) in [6, 6.07) is 0. The summed E-state index contributed by atoms with van der Waals surface area (Å²) in [5.74, 6) is 0. The van der Waals surface area contributed by atoms with Gasteiger partial charge in [-0.1, -0.05) is 31.9 Å². The third-order valence-electron chi connectivity index (χ3n) is 2.76. The molecule has 2 atom stereocenters. The molecule has 10 heteroatoms. The van der Waals surface area contributed by atoms with Gasteiger partial charge in [0.15, 0.2) is 0 Å². The second kappa shape index (κ2) is 5.43. The van der Waals surface area contributed by atoms with E-state index in [1.54, 1.807) is 0 Å². The third kappa shape index (κ3) is 3.25. The van der Waals surface area contributed by atoms with Crippen LogP contribution in [0.5, 0.6) is 0 Å². The molecule has 1 heterocycles. The third-order valence-corrected chi connectivity index (χ3v) is 5.14. The SMILES string of the molecule is CC1=[C]C(Br)(C(C)Br)NC(C(F)(C(F)(F)F)C(F)(F)F)=C1. The molecule has 121 valence electrons. The first-order valence-corrected chi connectivity index (χ1v) is 7.13. The first-order valence-electron chi connectivity index (χ1n) is 5.42. The number of dihydropyridines is 1. The Bertz CT molecular complexity index is 464. The second-order valence-corrected chi connectivity index (χ2v) is 7.10. The minimum Gasteiger partial charge on any atom is -0.366 e. The molecule has 0 spiro atoms. The van der Waals surface area contributed by atoms with Crippen molar-refractivity contribution in [3.8, 4) is 0 Å². The number of allylic oxidation sites excluding steroid dienone is 3. The van der Waals surface area contributed by atoms with Crippen LogP contribution >= 0.6 is 31.9 Å². The molecule has 0 aliphatic carbocycles. The largest absolute Gasteiger partial charge is 0.437 e. The van der Waals surface area contributed by atoms with Crippen LogP contribution in [0.1, 0.15) is 13.8 Å². The molecule has 1 aliphatic rings. The number of alkyl halides is 9. The molecule has 0 aromatic rings. The number of halogens is 9. The lowest BCUT2D eigenvalue weighted by Crippen LogP contribution is -2.61. The molecule has 0 bridgehead atoms. The van der Waals surface area contributed by atoms with Crippen molar-refractivity contribution < 1.29 is 30.7 Å². The van der Waals surface area contributed by atoms with Gasteiger partial charge in [0.05, 0.1) is 5.70 Å². The fraction of sp³-hybridized carbons (Fsp3) is 0.636. The van der Waals surface area contributed by atoms with Crippen LogP contribution in [-0.4, -0.2) is 27.3 Å². The summed E-state index contributed by atoms with van der Waals surface area (Å²) in [6.45, 7) is 2.67. The van der Waals surface area contributed by atoms with E-state index in [0.29, 0.717) is 6.08 Å². The molecule has 0 saturated heterocycles. The maximum Gasteiger partial charge on any atom is 0.437 e. The monoisotopic (exact) mass is 446 g/mol. The molecule has 21 heavy (non-hydrogen) atoms. The van der Waals surface area contributed by atoms with Gasteiger partial charge in [-0.2, -0.15) is 26.3 Å². The van der Waals surface area contributed by atoms with Gasteiger partial charge in [0.25, 0.3) is 0 Å². The average Bonchev–Trinajstić information content (AvgIpc) is 2.23. The molecule has 0 aromatic carbocycles. The zero-order chi connectivity index (χ0) is 16.9. The Hall–Kier alpha value is -0.250.